The van der Waals surface area contributed by atoms with Crippen molar-refractivity contribution in [2.75, 3.05) is 25.0 Å². The lowest BCUT2D eigenvalue weighted by molar-refractivity contribution is -0.141. The van der Waals surface area contributed by atoms with Crippen LogP contribution in [0.3, 0.4) is 0 Å². The second-order valence-electron chi connectivity index (χ2n) is 12.6. The number of piperazine rings is 1. The molecule has 4 N–H and O–H groups in total. The van der Waals surface area contributed by atoms with Crippen molar-refractivity contribution in [1.82, 2.24) is 25.3 Å². The number of rotatable bonds is 6. The van der Waals surface area contributed by atoms with Gasteiger partial charge >= 0.3 is 6.09 Å². The zero-order valence-corrected chi connectivity index (χ0v) is 27.7. The van der Waals surface area contributed by atoms with E-state index in [0.717, 1.165) is 5.56 Å². The van der Waals surface area contributed by atoms with Gasteiger partial charge in [0.25, 0.3) is 5.91 Å². The molecule has 2 atom stereocenters. The van der Waals surface area contributed by atoms with Crippen molar-refractivity contribution in [2.24, 2.45) is 7.05 Å². The van der Waals surface area contributed by atoms with Crippen molar-refractivity contribution in [1.29, 1.82) is 0 Å². The largest absolute Gasteiger partial charge is 0.507 e. The maximum atomic E-state index is 14.0. The molecule has 1 saturated heterocycles. The van der Waals surface area contributed by atoms with Crippen LogP contribution in [0.1, 0.15) is 49.1 Å². The second kappa shape index (κ2) is 14.4. The molecule has 3 amide bonds. The van der Waals surface area contributed by atoms with Gasteiger partial charge in [0.1, 0.15) is 29.1 Å². The number of nitrogens with one attached hydrogen (secondary N) is 3. The Morgan fingerprint density at radius 3 is 2.48 bits per heavy atom. The van der Waals surface area contributed by atoms with E-state index in [4.69, 9.17) is 4.74 Å². The number of benzene rings is 3. The first-order valence-electron chi connectivity index (χ1n) is 15.7. The van der Waals surface area contributed by atoms with E-state index in [1.807, 2.05) is 25.1 Å². The average Bonchev–Trinajstić information content (AvgIpc) is 3.43. The predicted octanol–water partition coefficient (Wildman–Crippen LogP) is 4.51. The number of ether oxygens (including phenoxy) is 1. The first kappa shape index (κ1) is 33.8. The van der Waals surface area contributed by atoms with Crippen molar-refractivity contribution >= 4 is 23.6 Å². The van der Waals surface area contributed by atoms with E-state index in [-0.39, 0.29) is 24.7 Å². The number of phenols is 1. The van der Waals surface area contributed by atoms with Gasteiger partial charge in [-0.15, -0.1) is 0 Å². The summed E-state index contributed by atoms with van der Waals surface area (Å²) in [6.45, 7) is 8.22. The molecular formula is C37H40N6O5. The van der Waals surface area contributed by atoms with E-state index in [9.17, 15) is 19.5 Å². The normalized spacial score (nSPS) is 15.1. The Balaban J connectivity index is 1.30. The molecule has 11 nitrogen and oxygen atoms in total. The molecule has 3 aromatic carbocycles. The van der Waals surface area contributed by atoms with Crippen molar-refractivity contribution in [2.45, 2.75) is 45.4 Å². The summed E-state index contributed by atoms with van der Waals surface area (Å²) in [7, 11) is 1.80. The number of amides is 3. The number of aromatic hydroxyl groups is 1. The molecule has 0 aliphatic carbocycles. The fraction of sp³-hybridized carbons (Fsp3) is 0.297. The third-order valence-corrected chi connectivity index (χ3v) is 7.60. The smallest absolute Gasteiger partial charge is 0.408 e. The fourth-order valence-corrected chi connectivity index (χ4v) is 5.35. The van der Waals surface area contributed by atoms with Crippen molar-refractivity contribution in [3.8, 4) is 28.8 Å². The minimum Gasteiger partial charge on any atom is -0.507 e. The van der Waals surface area contributed by atoms with Crippen molar-refractivity contribution in [3.05, 3.63) is 101 Å². The van der Waals surface area contributed by atoms with Gasteiger partial charge in [-0.05, 0) is 69.7 Å². The van der Waals surface area contributed by atoms with Gasteiger partial charge in [0, 0.05) is 49.7 Å². The molecule has 0 spiro atoms. The van der Waals surface area contributed by atoms with Crippen LogP contribution in [0.2, 0.25) is 0 Å². The predicted molar refractivity (Wildman–Crippen MR) is 183 cm³/mol. The first-order valence-corrected chi connectivity index (χ1v) is 15.7. The van der Waals surface area contributed by atoms with Gasteiger partial charge in [-0.2, -0.15) is 5.10 Å². The fourth-order valence-electron chi connectivity index (χ4n) is 5.35. The summed E-state index contributed by atoms with van der Waals surface area (Å²) in [5.41, 5.74) is 3.95. The highest BCUT2D eigenvalue weighted by atomic mass is 16.6. The molecule has 0 radical (unpaired) electrons. The second-order valence-corrected chi connectivity index (χ2v) is 12.6. The molecule has 1 aromatic heterocycles. The monoisotopic (exact) mass is 648 g/mol. The van der Waals surface area contributed by atoms with Gasteiger partial charge in [-0.3, -0.25) is 14.3 Å². The Kier molecular flexibility index (Phi) is 10.2. The highest BCUT2D eigenvalue weighted by molar-refractivity contribution is 5.99. The number of hydrogen-bond donors (Lipinski definition) is 4. The van der Waals surface area contributed by atoms with Crippen molar-refractivity contribution in [3.63, 3.8) is 0 Å². The van der Waals surface area contributed by atoms with Crippen LogP contribution < -0.4 is 16.0 Å². The number of aromatic nitrogens is 2. The maximum absolute atomic E-state index is 14.0. The van der Waals surface area contributed by atoms with Crippen LogP contribution in [0, 0.1) is 18.8 Å². The van der Waals surface area contributed by atoms with Crippen LogP contribution in [-0.4, -0.2) is 69.0 Å². The molecule has 248 valence electrons. The minimum atomic E-state index is -1.04. The Bertz CT molecular complexity index is 1850. The summed E-state index contributed by atoms with van der Waals surface area (Å²) in [4.78, 5) is 41.8. The van der Waals surface area contributed by atoms with Gasteiger partial charge < -0.3 is 30.7 Å². The molecule has 4 aromatic rings. The lowest BCUT2D eigenvalue weighted by Crippen LogP contribution is -2.60. The summed E-state index contributed by atoms with van der Waals surface area (Å²) in [5, 5.41) is 23.8. The topological polar surface area (TPSA) is 138 Å². The van der Waals surface area contributed by atoms with Crippen LogP contribution in [0.25, 0.3) is 11.3 Å². The SMILES string of the molecule is Cc1ccc(O)c(-c2nn(C)cc2C#Cc2ccc(NC(=O)[C@@H]3CNCCN3C(=O)[C@@H](NC(=O)OC(C)(C)C)c3ccccc3)cc2)c1. The Labute approximate surface area is 280 Å². The maximum Gasteiger partial charge on any atom is 0.408 e. The van der Waals surface area contributed by atoms with E-state index in [0.29, 0.717) is 40.2 Å². The van der Waals surface area contributed by atoms with E-state index < -0.39 is 29.7 Å². The summed E-state index contributed by atoms with van der Waals surface area (Å²) < 4.78 is 7.09. The van der Waals surface area contributed by atoms with Gasteiger partial charge in [0.2, 0.25) is 5.91 Å². The van der Waals surface area contributed by atoms with Crippen LogP contribution in [-0.2, 0) is 21.4 Å². The van der Waals surface area contributed by atoms with Crippen LogP contribution in [0.5, 0.6) is 5.75 Å². The highest BCUT2D eigenvalue weighted by Crippen LogP contribution is 2.31. The third-order valence-electron chi connectivity index (χ3n) is 7.60. The van der Waals surface area contributed by atoms with Gasteiger partial charge in [0.05, 0.1) is 5.56 Å². The minimum absolute atomic E-state index is 0.130. The molecule has 5 rings (SSSR count). The number of nitrogens with zero attached hydrogens (tertiary/aromatic N) is 3. The number of anilines is 1. The van der Waals surface area contributed by atoms with E-state index in [2.05, 4.69) is 32.9 Å². The number of phenolic OH excluding ortho intramolecular Hbond substituents is 1. The third kappa shape index (κ3) is 8.40. The molecule has 48 heavy (non-hydrogen) atoms. The summed E-state index contributed by atoms with van der Waals surface area (Å²) in [6.07, 6.45) is 1.08. The average molecular weight is 649 g/mol. The van der Waals surface area contributed by atoms with Crippen molar-refractivity contribution < 1.29 is 24.2 Å². The molecular weight excluding hydrogens is 608 g/mol. The molecule has 0 saturated carbocycles. The van der Waals surface area contributed by atoms with Crippen LogP contribution in [0.15, 0.2) is 79.0 Å². The van der Waals surface area contributed by atoms with Gasteiger partial charge in [-0.25, -0.2) is 4.79 Å². The van der Waals surface area contributed by atoms with E-state index in [1.165, 1.54) is 4.90 Å². The number of carbonyl (C=O) groups excluding carboxylic acids is 3. The van der Waals surface area contributed by atoms with Crippen LogP contribution >= 0.6 is 0 Å². The molecule has 0 unspecified atom stereocenters. The zero-order valence-electron chi connectivity index (χ0n) is 27.7. The lowest BCUT2D eigenvalue weighted by atomic mass is 10.0. The molecule has 1 aliphatic rings. The number of aryl methyl sites for hydroxylation is 2. The summed E-state index contributed by atoms with van der Waals surface area (Å²) in [6, 6.07) is 19.5. The summed E-state index contributed by atoms with van der Waals surface area (Å²) in [5.74, 6) is 5.65. The first-order chi connectivity index (χ1) is 22.9. The highest BCUT2D eigenvalue weighted by Gasteiger charge is 2.37. The van der Waals surface area contributed by atoms with Gasteiger partial charge in [-0.1, -0.05) is 53.8 Å². The standard InChI is InChI=1S/C37H40N6O5/c1-24-11-18-31(44)29(21-24)32-27(23-42(5)41-32)15-12-25-13-16-28(17-14-25)39-34(45)30-22-38-19-20-43(30)35(46)33(26-9-7-6-8-10-26)40-36(47)48-37(2,3)4/h6-11,13-14,16-18,21,23,30,33,38,44H,19-20,22H2,1-5H3,(H,39,45)(H,40,47)/t30-,33-/m0/s1. The Hall–Kier alpha value is -5.60. The Morgan fingerprint density at radius 1 is 1.04 bits per heavy atom. The molecule has 0 bridgehead atoms. The zero-order chi connectivity index (χ0) is 34.4. The number of carbonyl (C=O) groups is 3. The quantitative estimate of drug-likeness (QED) is 0.226. The molecule has 1 aliphatic heterocycles. The molecule has 1 fully saturated rings. The van der Waals surface area contributed by atoms with E-state index in [1.54, 1.807) is 93.3 Å². The lowest BCUT2D eigenvalue weighted by Gasteiger charge is -2.37. The van der Waals surface area contributed by atoms with Crippen LogP contribution in [0.4, 0.5) is 10.5 Å². The molecule has 11 heteroatoms. The number of hydrogen-bond acceptors (Lipinski definition) is 7. The van der Waals surface area contributed by atoms with E-state index >= 15 is 0 Å². The summed E-state index contributed by atoms with van der Waals surface area (Å²) >= 11 is 0. The Morgan fingerprint density at radius 2 is 1.77 bits per heavy atom. The number of alkyl carbamates (subject to hydrolysis) is 1. The molecule has 2 heterocycles. The van der Waals surface area contributed by atoms with Gasteiger partial charge in [0.15, 0.2) is 0 Å².